The van der Waals surface area contributed by atoms with Crippen molar-refractivity contribution in [3.8, 4) is 0 Å². The smallest absolute Gasteiger partial charge is 0.338 e. The second kappa shape index (κ2) is 12.3. The van der Waals surface area contributed by atoms with E-state index in [1.807, 2.05) is 47.5 Å². The van der Waals surface area contributed by atoms with Crippen molar-refractivity contribution < 1.29 is 19.1 Å². The van der Waals surface area contributed by atoms with Gasteiger partial charge in [-0.2, -0.15) is 0 Å². The Morgan fingerprint density at radius 2 is 1.68 bits per heavy atom. The molecule has 3 aromatic carbocycles. The fourth-order valence-electron chi connectivity index (χ4n) is 3.89. The first-order chi connectivity index (χ1) is 17.9. The van der Waals surface area contributed by atoms with Crippen molar-refractivity contribution in [2.24, 2.45) is 0 Å². The Morgan fingerprint density at radius 1 is 0.919 bits per heavy atom. The highest BCUT2D eigenvalue weighted by molar-refractivity contribution is 9.10. The minimum absolute atomic E-state index is 0.166. The summed E-state index contributed by atoms with van der Waals surface area (Å²) in [6, 6.07) is 21.3. The van der Waals surface area contributed by atoms with E-state index in [1.54, 1.807) is 35.3 Å². The number of hydrogen-bond donors (Lipinski definition) is 3. The summed E-state index contributed by atoms with van der Waals surface area (Å²) in [4.78, 5) is 37.8. The molecule has 4 N–H and O–H groups in total. The van der Waals surface area contributed by atoms with E-state index in [-0.39, 0.29) is 19.1 Å². The lowest BCUT2D eigenvalue weighted by Crippen LogP contribution is -2.48. The molecule has 9 nitrogen and oxygen atoms in total. The normalized spacial score (nSPS) is 12.8. The van der Waals surface area contributed by atoms with Crippen LogP contribution >= 0.6 is 15.9 Å². The Kier molecular flexibility index (Phi) is 8.63. The number of halogens is 1. The van der Waals surface area contributed by atoms with E-state index in [4.69, 9.17) is 10.5 Å². The molecule has 0 bridgehead atoms. The molecule has 0 aliphatic carbocycles. The zero-order chi connectivity index (χ0) is 26.2. The summed E-state index contributed by atoms with van der Waals surface area (Å²) in [6.07, 6.45) is 0.754. The Labute approximate surface area is 223 Å². The number of hydrogen-bond acceptors (Lipinski definition) is 6. The van der Waals surface area contributed by atoms with Crippen molar-refractivity contribution >= 4 is 45.2 Å². The van der Waals surface area contributed by atoms with Crippen LogP contribution in [0.5, 0.6) is 0 Å². The number of nitrogens with zero attached hydrogens (tertiary/aromatic N) is 2. The van der Waals surface area contributed by atoms with E-state index < -0.39 is 12.0 Å². The molecule has 37 heavy (non-hydrogen) atoms. The lowest BCUT2D eigenvalue weighted by atomic mass is 10.2. The molecule has 0 spiro atoms. The van der Waals surface area contributed by atoms with Crippen LogP contribution in [0, 0.1) is 0 Å². The van der Waals surface area contributed by atoms with Gasteiger partial charge in [0.05, 0.1) is 11.3 Å². The number of benzene rings is 3. The van der Waals surface area contributed by atoms with Crippen LogP contribution in [-0.2, 0) is 22.7 Å². The van der Waals surface area contributed by atoms with Gasteiger partial charge in [-0.25, -0.2) is 9.59 Å². The number of rotatable bonds is 8. The van der Waals surface area contributed by atoms with Crippen molar-refractivity contribution in [1.29, 1.82) is 0 Å². The van der Waals surface area contributed by atoms with Crippen molar-refractivity contribution in [2.45, 2.75) is 19.6 Å². The number of ether oxygens (including phenoxy) is 1. The summed E-state index contributed by atoms with van der Waals surface area (Å²) in [5.74, 6) is -0.710. The summed E-state index contributed by atoms with van der Waals surface area (Å²) in [5, 5.41) is 8.73. The van der Waals surface area contributed by atoms with Crippen LogP contribution in [0.2, 0.25) is 0 Å². The molecule has 10 heteroatoms. The minimum atomic E-state index is -0.450. The maximum Gasteiger partial charge on any atom is 0.338 e. The molecule has 4 rings (SSSR count). The molecule has 0 saturated carbocycles. The quantitative estimate of drug-likeness (QED) is 0.282. The van der Waals surface area contributed by atoms with Crippen molar-refractivity contribution in [3.05, 3.63) is 94.0 Å². The number of carbonyl (C=O) groups excluding carboxylic acids is 3. The molecule has 3 aromatic rings. The molecule has 0 unspecified atom stereocenters. The van der Waals surface area contributed by atoms with Gasteiger partial charge < -0.3 is 21.1 Å². The molecule has 0 radical (unpaired) electrons. The standard InChI is InChI=1S/C27H28BrN5O4/c28-23-12-9-21(26(35)37-18-20-5-2-1-3-6-20)15-24(23)32-13-4-14-33(32)25(34)17-31-27(36)30-16-19-7-10-22(29)11-8-19/h1-3,5-12,15H,4,13-14,16-18,29H2,(H2,30,31,36). The number of urea groups is 1. The lowest BCUT2D eigenvalue weighted by Gasteiger charge is -2.31. The SMILES string of the molecule is Nc1ccc(CNC(=O)NCC(=O)N2CCCN2c2cc(C(=O)OCc3ccccc3)ccc2Br)cc1. The fourth-order valence-corrected chi connectivity index (χ4v) is 4.34. The fraction of sp³-hybridized carbons (Fsp3) is 0.222. The Balaban J connectivity index is 1.34. The zero-order valence-corrected chi connectivity index (χ0v) is 21.7. The van der Waals surface area contributed by atoms with E-state index in [9.17, 15) is 14.4 Å². The third-order valence-electron chi connectivity index (χ3n) is 5.82. The topological polar surface area (TPSA) is 117 Å². The third-order valence-corrected chi connectivity index (χ3v) is 6.50. The van der Waals surface area contributed by atoms with Crippen LogP contribution in [0.3, 0.4) is 0 Å². The number of carbonyl (C=O) groups is 3. The first-order valence-electron chi connectivity index (χ1n) is 11.9. The number of esters is 1. The van der Waals surface area contributed by atoms with Gasteiger partial charge in [0.15, 0.2) is 0 Å². The van der Waals surface area contributed by atoms with Crippen LogP contribution in [-0.4, -0.2) is 42.6 Å². The van der Waals surface area contributed by atoms with E-state index in [0.717, 1.165) is 22.0 Å². The molecule has 1 aliphatic rings. The van der Waals surface area contributed by atoms with E-state index in [1.165, 1.54) is 0 Å². The number of nitrogen functional groups attached to an aromatic ring is 1. The van der Waals surface area contributed by atoms with Crippen LogP contribution in [0.25, 0.3) is 0 Å². The maximum atomic E-state index is 13.0. The van der Waals surface area contributed by atoms with Crippen molar-refractivity contribution in [1.82, 2.24) is 15.6 Å². The predicted octanol–water partition coefficient (Wildman–Crippen LogP) is 3.84. The van der Waals surface area contributed by atoms with Gasteiger partial charge in [0, 0.05) is 29.8 Å². The monoisotopic (exact) mass is 565 g/mol. The van der Waals surface area contributed by atoms with Gasteiger partial charge in [0.25, 0.3) is 5.91 Å². The highest BCUT2D eigenvalue weighted by Gasteiger charge is 2.29. The van der Waals surface area contributed by atoms with Gasteiger partial charge in [-0.15, -0.1) is 0 Å². The number of amides is 3. The second-order valence-corrected chi connectivity index (χ2v) is 9.35. The summed E-state index contributed by atoms with van der Waals surface area (Å²) < 4.78 is 6.19. The van der Waals surface area contributed by atoms with E-state index in [0.29, 0.717) is 36.6 Å². The first kappa shape index (κ1) is 26.0. The molecule has 1 aliphatic heterocycles. The van der Waals surface area contributed by atoms with Crippen molar-refractivity contribution in [3.63, 3.8) is 0 Å². The van der Waals surface area contributed by atoms with Gasteiger partial charge in [0.2, 0.25) is 0 Å². The van der Waals surface area contributed by atoms with Crippen molar-refractivity contribution in [2.75, 3.05) is 30.4 Å². The number of nitrogens with one attached hydrogen (secondary N) is 2. The van der Waals surface area contributed by atoms with Crippen LogP contribution in [0.15, 0.2) is 77.3 Å². The highest BCUT2D eigenvalue weighted by atomic mass is 79.9. The summed E-state index contributed by atoms with van der Waals surface area (Å²) in [5.41, 5.74) is 9.17. The first-order valence-corrected chi connectivity index (χ1v) is 12.6. The molecule has 0 aromatic heterocycles. The van der Waals surface area contributed by atoms with E-state index >= 15 is 0 Å². The average Bonchev–Trinajstić information content (AvgIpc) is 3.41. The van der Waals surface area contributed by atoms with Gasteiger partial charge >= 0.3 is 12.0 Å². The van der Waals surface area contributed by atoms with Gasteiger partial charge in [-0.1, -0.05) is 42.5 Å². The van der Waals surface area contributed by atoms with Crippen LogP contribution in [0.4, 0.5) is 16.2 Å². The zero-order valence-electron chi connectivity index (χ0n) is 20.2. The molecule has 1 saturated heterocycles. The maximum absolute atomic E-state index is 13.0. The summed E-state index contributed by atoms with van der Waals surface area (Å²) in [6.45, 7) is 1.42. The average molecular weight is 566 g/mol. The molecular formula is C27H28BrN5O4. The molecule has 0 atom stereocenters. The Bertz CT molecular complexity index is 1250. The second-order valence-electron chi connectivity index (χ2n) is 8.50. The van der Waals surface area contributed by atoms with Crippen LogP contribution < -0.4 is 21.4 Å². The van der Waals surface area contributed by atoms with Gasteiger partial charge in [-0.05, 0) is 63.8 Å². The molecular weight excluding hydrogens is 538 g/mol. The van der Waals surface area contributed by atoms with Gasteiger partial charge in [0.1, 0.15) is 13.2 Å². The number of nitrogens with two attached hydrogens (primary N) is 1. The van der Waals surface area contributed by atoms with Crippen LogP contribution in [0.1, 0.15) is 27.9 Å². The highest BCUT2D eigenvalue weighted by Crippen LogP contribution is 2.31. The lowest BCUT2D eigenvalue weighted by molar-refractivity contribution is -0.129. The Hall–Kier alpha value is -4.05. The third kappa shape index (κ3) is 7.01. The largest absolute Gasteiger partial charge is 0.457 e. The predicted molar refractivity (Wildman–Crippen MR) is 144 cm³/mol. The minimum Gasteiger partial charge on any atom is -0.457 e. The van der Waals surface area contributed by atoms with E-state index in [2.05, 4.69) is 26.6 Å². The number of anilines is 2. The number of hydrazine groups is 1. The molecule has 1 fully saturated rings. The molecule has 192 valence electrons. The molecule has 1 heterocycles. The molecule has 3 amide bonds. The summed E-state index contributed by atoms with van der Waals surface area (Å²) >= 11 is 3.53. The Morgan fingerprint density at radius 3 is 2.43 bits per heavy atom. The summed E-state index contributed by atoms with van der Waals surface area (Å²) in [7, 11) is 0. The van der Waals surface area contributed by atoms with Gasteiger partial charge in [-0.3, -0.25) is 14.8 Å².